The Labute approximate surface area is 69.8 Å². The number of benzene rings is 1. The van der Waals surface area contributed by atoms with Gasteiger partial charge in [0, 0.05) is 11.0 Å². The van der Waals surface area contributed by atoms with E-state index in [1.165, 1.54) is 0 Å². The zero-order valence-corrected chi connectivity index (χ0v) is 7.02. The Hall–Kier alpha value is -0.870. The van der Waals surface area contributed by atoms with Crippen LogP contribution in [0.5, 0.6) is 5.75 Å². The predicted molar refractivity (Wildman–Crippen MR) is 47.5 cm³/mol. The van der Waals surface area contributed by atoms with Gasteiger partial charge in [0.1, 0.15) is 5.75 Å². The van der Waals surface area contributed by atoms with Crippen molar-refractivity contribution in [2.45, 2.75) is 4.90 Å². The first-order valence-corrected chi connectivity index (χ1v) is 3.96. The van der Waals surface area contributed by atoms with Crippen LogP contribution in [-0.4, -0.2) is 7.11 Å². The monoisotopic (exact) mass is 170 g/mol. The van der Waals surface area contributed by atoms with Gasteiger partial charge >= 0.3 is 0 Å². The third-order valence-electron chi connectivity index (χ3n) is 1.34. The van der Waals surface area contributed by atoms with Gasteiger partial charge in [0.15, 0.2) is 0 Å². The highest BCUT2D eigenvalue weighted by molar-refractivity contribution is 7.97. The number of ether oxygens (including phenoxy) is 1. The van der Waals surface area contributed by atoms with E-state index in [1.807, 2.05) is 12.1 Å². The molecule has 0 saturated heterocycles. The highest BCUT2D eigenvalue weighted by Crippen LogP contribution is 2.24. The minimum Gasteiger partial charge on any atom is -0.497 e. The smallest absolute Gasteiger partial charge is 0.120 e. The SMILES string of the molecule is COc1ccc(SN)c(N)c1. The standard InChI is InChI=1S/C7H10N2OS/c1-10-5-2-3-7(11-9)6(8)4-5/h2-4H,8-9H2,1H3. The molecule has 60 valence electrons. The van der Waals surface area contributed by atoms with Crippen molar-refractivity contribution in [3.05, 3.63) is 18.2 Å². The molecule has 3 nitrogen and oxygen atoms in total. The molecular weight excluding hydrogens is 160 g/mol. The Morgan fingerprint density at radius 2 is 2.18 bits per heavy atom. The summed E-state index contributed by atoms with van der Waals surface area (Å²) in [5.74, 6) is 0.750. The molecule has 0 fully saturated rings. The topological polar surface area (TPSA) is 61.3 Å². The van der Waals surface area contributed by atoms with Crippen molar-refractivity contribution in [3.63, 3.8) is 0 Å². The number of nitrogen functional groups attached to an aromatic ring is 1. The van der Waals surface area contributed by atoms with E-state index in [2.05, 4.69) is 0 Å². The van der Waals surface area contributed by atoms with Crippen molar-refractivity contribution in [1.29, 1.82) is 0 Å². The van der Waals surface area contributed by atoms with Crippen molar-refractivity contribution in [2.75, 3.05) is 12.8 Å². The summed E-state index contributed by atoms with van der Waals surface area (Å²) in [7, 11) is 1.60. The van der Waals surface area contributed by atoms with Crippen LogP contribution in [0.2, 0.25) is 0 Å². The summed E-state index contributed by atoms with van der Waals surface area (Å²) in [6, 6.07) is 5.40. The van der Waals surface area contributed by atoms with Gasteiger partial charge in [-0.05, 0) is 24.1 Å². The van der Waals surface area contributed by atoms with E-state index < -0.39 is 0 Å². The molecule has 11 heavy (non-hydrogen) atoms. The number of methoxy groups -OCH3 is 1. The van der Waals surface area contributed by atoms with Gasteiger partial charge in [0.2, 0.25) is 0 Å². The molecule has 4 N–H and O–H groups in total. The summed E-state index contributed by atoms with van der Waals surface area (Å²) in [5.41, 5.74) is 6.28. The van der Waals surface area contributed by atoms with E-state index in [0.29, 0.717) is 5.69 Å². The van der Waals surface area contributed by atoms with Crippen LogP contribution in [-0.2, 0) is 0 Å². The maximum atomic E-state index is 5.63. The van der Waals surface area contributed by atoms with E-state index in [0.717, 1.165) is 22.6 Å². The second-order valence-electron chi connectivity index (χ2n) is 2.02. The van der Waals surface area contributed by atoms with Gasteiger partial charge in [-0.25, -0.2) is 0 Å². The van der Waals surface area contributed by atoms with E-state index in [-0.39, 0.29) is 0 Å². The molecule has 0 heterocycles. The highest BCUT2D eigenvalue weighted by atomic mass is 32.2. The van der Waals surface area contributed by atoms with Crippen LogP contribution < -0.4 is 15.6 Å². The molecule has 0 aliphatic carbocycles. The van der Waals surface area contributed by atoms with Crippen molar-refractivity contribution in [2.24, 2.45) is 5.14 Å². The number of nitrogens with two attached hydrogens (primary N) is 2. The lowest BCUT2D eigenvalue weighted by Gasteiger charge is -2.03. The Morgan fingerprint density at radius 3 is 2.64 bits per heavy atom. The Bertz CT molecular complexity index is 252. The molecule has 0 spiro atoms. The number of hydrogen-bond acceptors (Lipinski definition) is 4. The van der Waals surface area contributed by atoms with Crippen LogP contribution in [0.4, 0.5) is 5.69 Å². The number of hydrogen-bond donors (Lipinski definition) is 2. The van der Waals surface area contributed by atoms with E-state index in [1.54, 1.807) is 13.2 Å². The summed E-state index contributed by atoms with van der Waals surface area (Å²) < 4.78 is 4.96. The van der Waals surface area contributed by atoms with E-state index in [4.69, 9.17) is 15.6 Å². The van der Waals surface area contributed by atoms with Crippen LogP contribution in [0.1, 0.15) is 0 Å². The average Bonchev–Trinajstić information content (AvgIpc) is 2.04. The van der Waals surface area contributed by atoms with Crippen LogP contribution in [0.25, 0.3) is 0 Å². The summed E-state index contributed by atoms with van der Waals surface area (Å²) in [6.45, 7) is 0. The zero-order valence-electron chi connectivity index (χ0n) is 6.20. The van der Waals surface area contributed by atoms with Crippen LogP contribution in [0.15, 0.2) is 23.1 Å². The lowest BCUT2D eigenvalue weighted by Crippen LogP contribution is -1.92. The maximum absolute atomic E-state index is 5.63. The molecular formula is C7H10N2OS. The molecule has 4 heteroatoms. The summed E-state index contributed by atoms with van der Waals surface area (Å²) in [5, 5.41) is 5.34. The lowest BCUT2D eigenvalue weighted by molar-refractivity contribution is 0.415. The van der Waals surface area contributed by atoms with Gasteiger partial charge < -0.3 is 10.5 Å². The molecule has 0 amide bonds. The molecule has 0 saturated carbocycles. The van der Waals surface area contributed by atoms with Crippen LogP contribution >= 0.6 is 11.9 Å². The van der Waals surface area contributed by atoms with Crippen molar-refractivity contribution >= 4 is 17.6 Å². The summed E-state index contributed by atoms with van der Waals surface area (Å²) in [6.07, 6.45) is 0. The van der Waals surface area contributed by atoms with Gasteiger partial charge in [-0.3, -0.25) is 5.14 Å². The normalized spacial score (nSPS) is 9.64. The molecule has 0 radical (unpaired) electrons. The van der Waals surface area contributed by atoms with Crippen molar-refractivity contribution in [3.8, 4) is 5.75 Å². The second kappa shape index (κ2) is 3.50. The van der Waals surface area contributed by atoms with Gasteiger partial charge in [-0.15, -0.1) is 0 Å². The first kappa shape index (κ1) is 8.23. The Kier molecular flexibility index (Phi) is 2.62. The summed E-state index contributed by atoms with van der Waals surface area (Å²) >= 11 is 1.13. The Morgan fingerprint density at radius 1 is 1.45 bits per heavy atom. The molecule has 1 aromatic rings. The minimum atomic E-state index is 0.650. The van der Waals surface area contributed by atoms with Gasteiger partial charge in [0.05, 0.1) is 12.8 Å². The zero-order chi connectivity index (χ0) is 8.27. The number of rotatable bonds is 2. The van der Waals surface area contributed by atoms with Gasteiger partial charge in [-0.1, -0.05) is 0 Å². The number of anilines is 1. The fourth-order valence-corrected chi connectivity index (χ4v) is 1.10. The molecule has 0 aliphatic rings. The lowest BCUT2D eigenvalue weighted by atomic mass is 10.3. The largest absolute Gasteiger partial charge is 0.497 e. The fourth-order valence-electron chi connectivity index (χ4n) is 0.761. The predicted octanol–water partition coefficient (Wildman–Crippen LogP) is 1.24. The van der Waals surface area contributed by atoms with E-state index >= 15 is 0 Å². The minimum absolute atomic E-state index is 0.650. The Balaban J connectivity index is 2.99. The maximum Gasteiger partial charge on any atom is 0.120 e. The fraction of sp³-hybridized carbons (Fsp3) is 0.143. The van der Waals surface area contributed by atoms with E-state index in [9.17, 15) is 0 Å². The molecule has 1 rings (SSSR count). The van der Waals surface area contributed by atoms with Gasteiger partial charge in [-0.2, -0.15) is 0 Å². The quantitative estimate of drug-likeness (QED) is 0.518. The van der Waals surface area contributed by atoms with Gasteiger partial charge in [0.25, 0.3) is 0 Å². The molecule has 0 atom stereocenters. The van der Waals surface area contributed by atoms with Crippen LogP contribution in [0.3, 0.4) is 0 Å². The summed E-state index contributed by atoms with van der Waals surface area (Å²) in [4.78, 5) is 0.866. The molecule has 0 bridgehead atoms. The highest BCUT2D eigenvalue weighted by Gasteiger charge is 1.98. The third kappa shape index (κ3) is 1.78. The first-order valence-electron chi connectivity index (χ1n) is 3.08. The van der Waals surface area contributed by atoms with Crippen molar-refractivity contribution in [1.82, 2.24) is 0 Å². The van der Waals surface area contributed by atoms with Crippen LogP contribution in [0, 0.1) is 0 Å². The first-order chi connectivity index (χ1) is 5.27. The molecule has 0 aliphatic heterocycles. The molecule has 0 unspecified atom stereocenters. The van der Waals surface area contributed by atoms with Crippen molar-refractivity contribution < 1.29 is 4.74 Å². The third-order valence-corrected chi connectivity index (χ3v) is 1.97. The molecule has 0 aromatic heterocycles. The second-order valence-corrected chi connectivity index (χ2v) is 2.70. The molecule has 1 aromatic carbocycles. The average molecular weight is 170 g/mol.